The lowest BCUT2D eigenvalue weighted by atomic mass is 9.91. The summed E-state index contributed by atoms with van der Waals surface area (Å²) in [6.07, 6.45) is 1.31. The van der Waals surface area contributed by atoms with Crippen molar-refractivity contribution in [3.05, 3.63) is 0 Å². The van der Waals surface area contributed by atoms with Gasteiger partial charge >= 0.3 is 0 Å². The summed E-state index contributed by atoms with van der Waals surface area (Å²) in [5.41, 5.74) is 0.472. The highest BCUT2D eigenvalue weighted by Gasteiger charge is 2.26. The van der Waals surface area contributed by atoms with Gasteiger partial charge in [0.05, 0.1) is 26.8 Å². The van der Waals surface area contributed by atoms with Gasteiger partial charge in [0.25, 0.3) is 0 Å². The zero-order valence-electron chi connectivity index (χ0n) is 9.60. The Morgan fingerprint density at radius 3 is 2.15 bits per heavy atom. The Kier molecular flexibility index (Phi) is 3.36. The highest BCUT2D eigenvalue weighted by atomic mass is 16.5. The number of morpholine rings is 1. The minimum atomic E-state index is 0.472. The second kappa shape index (κ2) is 3.97. The molecule has 0 bridgehead atoms. The molecule has 1 aliphatic heterocycles. The van der Waals surface area contributed by atoms with Crippen LogP contribution in [0.15, 0.2) is 0 Å². The summed E-state index contributed by atoms with van der Waals surface area (Å²) in [6, 6.07) is 0. The second-order valence-electron chi connectivity index (χ2n) is 5.71. The van der Waals surface area contributed by atoms with Crippen LogP contribution >= 0.6 is 0 Å². The standard InChI is InChI=1S/C11H24NO/c1-11(2,3)5-6-12(4)7-9-13-10-8-12/h5-10H2,1-4H3/q+1. The number of hydrogen-bond acceptors (Lipinski definition) is 1. The Hall–Kier alpha value is -0.0800. The summed E-state index contributed by atoms with van der Waals surface area (Å²) >= 11 is 0. The molecular weight excluding hydrogens is 162 g/mol. The third-order valence-corrected chi connectivity index (χ3v) is 2.95. The van der Waals surface area contributed by atoms with Crippen molar-refractivity contribution < 1.29 is 9.22 Å². The van der Waals surface area contributed by atoms with E-state index in [4.69, 9.17) is 4.74 Å². The first-order chi connectivity index (χ1) is 5.91. The Labute approximate surface area is 82.5 Å². The van der Waals surface area contributed by atoms with E-state index in [9.17, 15) is 0 Å². The molecule has 0 spiro atoms. The summed E-state index contributed by atoms with van der Waals surface area (Å²) in [6.45, 7) is 12.5. The summed E-state index contributed by atoms with van der Waals surface area (Å²) in [5.74, 6) is 0. The highest BCUT2D eigenvalue weighted by Crippen LogP contribution is 2.21. The van der Waals surface area contributed by atoms with Gasteiger partial charge in [-0.1, -0.05) is 20.8 Å². The van der Waals surface area contributed by atoms with Crippen LogP contribution in [0.1, 0.15) is 27.2 Å². The number of nitrogens with zero attached hydrogens (tertiary/aromatic N) is 1. The fourth-order valence-electron chi connectivity index (χ4n) is 1.61. The predicted octanol–water partition coefficient (Wildman–Crippen LogP) is 1.90. The summed E-state index contributed by atoms with van der Waals surface area (Å²) in [7, 11) is 2.36. The molecule has 0 N–H and O–H groups in total. The molecule has 1 rings (SSSR count). The van der Waals surface area contributed by atoms with Gasteiger partial charge in [0, 0.05) is 6.42 Å². The topological polar surface area (TPSA) is 9.23 Å². The van der Waals surface area contributed by atoms with Crippen molar-refractivity contribution in [2.45, 2.75) is 27.2 Å². The molecule has 0 aromatic rings. The fraction of sp³-hybridized carbons (Fsp3) is 1.00. The number of rotatable bonds is 2. The molecule has 0 atom stereocenters. The first kappa shape index (κ1) is 11.0. The average Bonchev–Trinajstić information content (AvgIpc) is 2.02. The summed E-state index contributed by atoms with van der Waals surface area (Å²) < 4.78 is 6.59. The quantitative estimate of drug-likeness (QED) is 0.599. The molecule has 0 aromatic heterocycles. The Morgan fingerprint density at radius 1 is 1.15 bits per heavy atom. The van der Waals surface area contributed by atoms with Gasteiger partial charge in [0.15, 0.2) is 0 Å². The van der Waals surface area contributed by atoms with E-state index in [1.165, 1.54) is 30.5 Å². The van der Waals surface area contributed by atoms with Crippen molar-refractivity contribution >= 4 is 0 Å². The van der Waals surface area contributed by atoms with E-state index in [0.717, 1.165) is 13.2 Å². The molecular formula is C11H24NO+. The maximum Gasteiger partial charge on any atom is 0.102 e. The van der Waals surface area contributed by atoms with Crippen LogP contribution in [0.4, 0.5) is 0 Å². The number of ether oxygens (including phenoxy) is 1. The van der Waals surface area contributed by atoms with Gasteiger partial charge in [0.2, 0.25) is 0 Å². The van der Waals surface area contributed by atoms with E-state index >= 15 is 0 Å². The third-order valence-electron chi connectivity index (χ3n) is 2.95. The van der Waals surface area contributed by atoms with Crippen molar-refractivity contribution in [3.8, 4) is 0 Å². The average molecular weight is 186 g/mol. The lowest BCUT2D eigenvalue weighted by molar-refractivity contribution is -0.917. The van der Waals surface area contributed by atoms with Crippen LogP contribution in [0.25, 0.3) is 0 Å². The lowest BCUT2D eigenvalue weighted by Crippen LogP contribution is -2.53. The van der Waals surface area contributed by atoms with Gasteiger partial charge in [-0.2, -0.15) is 0 Å². The number of hydrogen-bond donors (Lipinski definition) is 0. The third kappa shape index (κ3) is 4.10. The van der Waals surface area contributed by atoms with Crippen molar-refractivity contribution in [1.29, 1.82) is 0 Å². The first-order valence-corrected chi connectivity index (χ1v) is 5.33. The normalized spacial score (nSPS) is 23.1. The molecule has 1 saturated heterocycles. The number of likely N-dealkylation sites (N-methyl/N-ethyl adjacent to an activating group) is 1. The predicted molar refractivity (Wildman–Crippen MR) is 55.7 cm³/mol. The van der Waals surface area contributed by atoms with E-state index < -0.39 is 0 Å². The van der Waals surface area contributed by atoms with Crippen LogP contribution in [-0.4, -0.2) is 44.4 Å². The first-order valence-electron chi connectivity index (χ1n) is 5.33. The van der Waals surface area contributed by atoms with E-state index in [2.05, 4.69) is 27.8 Å². The van der Waals surface area contributed by atoms with Crippen LogP contribution in [0.2, 0.25) is 0 Å². The van der Waals surface area contributed by atoms with Crippen LogP contribution in [0.3, 0.4) is 0 Å². The Morgan fingerprint density at radius 2 is 1.69 bits per heavy atom. The van der Waals surface area contributed by atoms with E-state index in [1.807, 2.05) is 0 Å². The molecule has 1 aliphatic rings. The molecule has 1 heterocycles. The SMILES string of the molecule is CC(C)(C)CC[N+]1(C)CCOCC1. The van der Waals surface area contributed by atoms with E-state index in [-0.39, 0.29) is 0 Å². The highest BCUT2D eigenvalue weighted by molar-refractivity contribution is 4.61. The minimum absolute atomic E-state index is 0.472. The lowest BCUT2D eigenvalue weighted by Gasteiger charge is -2.39. The van der Waals surface area contributed by atoms with Crippen molar-refractivity contribution in [1.82, 2.24) is 0 Å². The maximum absolute atomic E-state index is 5.38. The van der Waals surface area contributed by atoms with Gasteiger partial charge in [0.1, 0.15) is 13.1 Å². The van der Waals surface area contributed by atoms with Crippen molar-refractivity contribution in [3.63, 3.8) is 0 Å². The van der Waals surface area contributed by atoms with Crippen molar-refractivity contribution in [2.75, 3.05) is 39.9 Å². The zero-order chi connectivity index (χ0) is 9.95. The maximum atomic E-state index is 5.38. The molecule has 1 fully saturated rings. The monoisotopic (exact) mass is 186 g/mol. The van der Waals surface area contributed by atoms with E-state index in [1.54, 1.807) is 0 Å². The molecule has 13 heavy (non-hydrogen) atoms. The molecule has 0 unspecified atom stereocenters. The molecule has 0 aliphatic carbocycles. The van der Waals surface area contributed by atoms with Crippen LogP contribution in [-0.2, 0) is 4.74 Å². The van der Waals surface area contributed by atoms with Gasteiger partial charge in [-0.15, -0.1) is 0 Å². The Balaban J connectivity index is 2.33. The van der Waals surface area contributed by atoms with Crippen LogP contribution < -0.4 is 0 Å². The van der Waals surface area contributed by atoms with Gasteiger partial charge in [-0.05, 0) is 5.41 Å². The van der Waals surface area contributed by atoms with Gasteiger partial charge < -0.3 is 9.22 Å². The molecule has 0 aromatic carbocycles. The molecule has 2 nitrogen and oxygen atoms in total. The molecule has 2 heteroatoms. The van der Waals surface area contributed by atoms with Gasteiger partial charge in [-0.3, -0.25) is 0 Å². The smallest absolute Gasteiger partial charge is 0.102 e. The van der Waals surface area contributed by atoms with Crippen molar-refractivity contribution in [2.24, 2.45) is 5.41 Å². The summed E-state index contributed by atoms with van der Waals surface area (Å²) in [4.78, 5) is 0. The zero-order valence-corrected chi connectivity index (χ0v) is 9.60. The molecule has 0 amide bonds. The second-order valence-corrected chi connectivity index (χ2v) is 5.71. The van der Waals surface area contributed by atoms with Crippen LogP contribution in [0.5, 0.6) is 0 Å². The number of quaternary nitrogens is 1. The fourth-order valence-corrected chi connectivity index (χ4v) is 1.61. The molecule has 0 saturated carbocycles. The van der Waals surface area contributed by atoms with Crippen LogP contribution in [0, 0.1) is 5.41 Å². The largest absolute Gasteiger partial charge is 0.370 e. The van der Waals surface area contributed by atoms with E-state index in [0.29, 0.717) is 5.41 Å². The van der Waals surface area contributed by atoms with Gasteiger partial charge in [-0.25, -0.2) is 0 Å². The summed E-state index contributed by atoms with van der Waals surface area (Å²) in [5, 5.41) is 0. The Bertz CT molecular complexity index is 154. The molecule has 0 radical (unpaired) electrons. The minimum Gasteiger partial charge on any atom is -0.370 e. The molecule has 78 valence electrons.